The first-order chi connectivity index (χ1) is 11.3. The van der Waals surface area contributed by atoms with E-state index in [9.17, 15) is 12.8 Å². The van der Waals surface area contributed by atoms with Gasteiger partial charge < -0.3 is 10.6 Å². The zero-order valence-electron chi connectivity index (χ0n) is 14.6. The first-order valence-corrected chi connectivity index (χ1v) is 9.51. The lowest BCUT2D eigenvalue weighted by Gasteiger charge is -2.31. The first kappa shape index (κ1) is 22.1. The van der Waals surface area contributed by atoms with E-state index in [4.69, 9.17) is 5.73 Å². The van der Waals surface area contributed by atoms with Gasteiger partial charge >= 0.3 is 0 Å². The number of rotatable bonds is 5. The van der Waals surface area contributed by atoms with E-state index in [1.165, 1.54) is 29.9 Å². The fourth-order valence-corrected chi connectivity index (χ4v) is 3.87. The molecule has 1 fully saturated rings. The minimum Gasteiger partial charge on any atom is -0.370 e. The van der Waals surface area contributed by atoms with Crippen molar-refractivity contribution in [3.8, 4) is 0 Å². The van der Waals surface area contributed by atoms with Gasteiger partial charge in [-0.1, -0.05) is 6.92 Å². The van der Waals surface area contributed by atoms with Crippen molar-refractivity contribution in [2.75, 3.05) is 33.2 Å². The minimum atomic E-state index is -3.64. The van der Waals surface area contributed by atoms with Gasteiger partial charge in [0.1, 0.15) is 5.82 Å². The van der Waals surface area contributed by atoms with Crippen LogP contribution in [0.2, 0.25) is 0 Å². The van der Waals surface area contributed by atoms with Crippen molar-refractivity contribution in [3.05, 3.63) is 30.1 Å². The number of sulfonamides is 1. The molecule has 1 heterocycles. The molecule has 1 aliphatic rings. The van der Waals surface area contributed by atoms with Gasteiger partial charge in [0.2, 0.25) is 10.0 Å². The Bertz CT molecular complexity index is 682. The molecule has 2 rings (SSSR count). The molecule has 0 bridgehead atoms. The van der Waals surface area contributed by atoms with Crippen molar-refractivity contribution in [1.82, 2.24) is 9.21 Å². The van der Waals surface area contributed by atoms with Gasteiger partial charge in [-0.2, -0.15) is 4.31 Å². The molecule has 1 aromatic carbocycles. The fraction of sp³-hybridized carbons (Fsp3) is 0.562. The minimum absolute atomic E-state index is 0. The number of halogens is 2. The molecular weight excluding hydrogens is 458 g/mol. The van der Waals surface area contributed by atoms with Crippen LogP contribution in [0.1, 0.15) is 19.8 Å². The largest absolute Gasteiger partial charge is 0.370 e. The van der Waals surface area contributed by atoms with Crippen LogP contribution in [0.25, 0.3) is 0 Å². The van der Waals surface area contributed by atoms with Gasteiger partial charge in [-0.05, 0) is 43.0 Å². The van der Waals surface area contributed by atoms with Gasteiger partial charge in [-0.3, -0.25) is 4.99 Å². The Balaban J connectivity index is 0.00000312. The highest BCUT2D eigenvalue weighted by Gasteiger charge is 2.21. The lowest BCUT2D eigenvalue weighted by molar-refractivity contribution is 0.270. The SMILES string of the molecule is CC1CCCN(C(N)=NCCN(C)S(=O)(=O)c2ccc(F)cc2)C1.I. The molecule has 0 amide bonds. The monoisotopic (exact) mass is 484 g/mol. The highest BCUT2D eigenvalue weighted by atomic mass is 127. The van der Waals surface area contributed by atoms with Crippen molar-refractivity contribution in [1.29, 1.82) is 0 Å². The molecule has 0 spiro atoms. The second-order valence-electron chi connectivity index (χ2n) is 6.21. The van der Waals surface area contributed by atoms with Gasteiger partial charge in [-0.25, -0.2) is 12.8 Å². The molecule has 0 radical (unpaired) electrons. The smallest absolute Gasteiger partial charge is 0.242 e. The van der Waals surface area contributed by atoms with Crippen molar-refractivity contribution in [2.24, 2.45) is 16.6 Å². The van der Waals surface area contributed by atoms with Gasteiger partial charge in [-0.15, -0.1) is 24.0 Å². The number of likely N-dealkylation sites (tertiary alicyclic amines) is 1. The topological polar surface area (TPSA) is 79.0 Å². The van der Waals surface area contributed by atoms with E-state index in [0.29, 0.717) is 11.9 Å². The van der Waals surface area contributed by atoms with Gasteiger partial charge in [0.05, 0.1) is 11.4 Å². The van der Waals surface area contributed by atoms with Crippen LogP contribution in [-0.4, -0.2) is 56.8 Å². The van der Waals surface area contributed by atoms with Crippen LogP contribution >= 0.6 is 24.0 Å². The number of aliphatic imine (C=N–C) groups is 1. The average molecular weight is 484 g/mol. The van der Waals surface area contributed by atoms with Crippen molar-refractivity contribution < 1.29 is 12.8 Å². The molecule has 1 aromatic rings. The summed E-state index contributed by atoms with van der Waals surface area (Å²) in [6.45, 7) is 4.46. The lowest BCUT2D eigenvalue weighted by atomic mass is 10.0. The van der Waals surface area contributed by atoms with Crippen LogP contribution in [-0.2, 0) is 10.0 Å². The van der Waals surface area contributed by atoms with Crippen LogP contribution in [0.4, 0.5) is 4.39 Å². The summed E-state index contributed by atoms with van der Waals surface area (Å²) in [6.07, 6.45) is 2.29. The quantitative estimate of drug-likeness (QED) is 0.395. The maximum absolute atomic E-state index is 12.9. The Kier molecular flexibility index (Phi) is 8.55. The van der Waals surface area contributed by atoms with E-state index in [-0.39, 0.29) is 42.0 Å². The first-order valence-electron chi connectivity index (χ1n) is 8.07. The van der Waals surface area contributed by atoms with Crippen LogP contribution < -0.4 is 5.73 Å². The molecule has 142 valence electrons. The number of piperidine rings is 1. The van der Waals surface area contributed by atoms with Crippen LogP contribution in [0.15, 0.2) is 34.2 Å². The summed E-state index contributed by atoms with van der Waals surface area (Å²) in [4.78, 5) is 6.41. The lowest BCUT2D eigenvalue weighted by Crippen LogP contribution is -2.43. The summed E-state index contributed by atoms with van der Waals surface area (Å²) in [7, 11) is -2.16. The molecule has 0 saturated carbocycles. The number of nitrogens with zero attached hydrogens (tertiary/aromatic N) is 3. The van der Waals surface area contributed by atoms with Crippen molar-refractivity contribution >= 4 is 40.0 Å². The molecule has 9 heteroatoms. The molecule has 0 aromatic heterocycles. The summed E-state index contributed by atoms with van der Waals surface area (Å²) in [5.74, 6) is 0.591. The van der Waals surface area contributed by atoms with E-state index < -0.39 is 15.8 Å². The molecule has 1 unspecified atom stereocenters. The number of nitrogens with two attached hydrogens (primary N) is 1. The maximum atomic E-state index is 12.9. The highest BCUT2D eigenvalue weighted by molar-refractivity contribution is 14.0. The van der Waals surface area contributed by atoms with Gasteiger partial charge in [0.25, 0.3) is 0 Å². The number of benzene rings is 1. The average Bonchev–Trinajstić information content (AvgIpc) is 2.55. The zero-order chi connectivity index (χ0) is 17.7. The predicted molar refractivity (Wildman–Crippen MR) is 108 cm³/mol. The van der Waals surface area contributed by atoms with Crippen LogP contribution in [0, 0.1) is 11.7 Å². The van der Waals surface area contributed by atoms with E-state index in [2.05, 4.69) is 11.9 Å². The highest BCUT2D eigenvalue weighted by Crippen LogP contribution is 2.16. The van der Waals surface area contributed by atoms with Crippen molar-refractivity contribution in [3.63, 3.8) is 0 Å². The predicted octanol–water partition coefficient (Wildman–Crippen LogP) is 2.11. The fourth-order valence-electron chi connectivity index (χ4n) is 2.71. The third-order valence-corrected chi connectivity index (χ3v) is 6.06. The molecular formula is C16H26FIN4O2S. The molecule has 0 aliphatic carbocycles. The Labute approximate surface area is 166 Å². The van der Waals surface area contributed by atoms with E-state index in [1.54, 1.807) is 0 Å². The van der Waals surface area contributed by atoms with Gasteiger partial charge in [0, 0.05) is 26.7 Å². The Morgan fingerprint density at radius 2 is 2.04 bits per heavy atom. The molecule has 1 atom stereocenters. The summed E-state index contributed by atoms with van der Waals surface area (Å²) in [6, 6.07) is 4.78. The van der Waals surface area contributed by atoms with E-state index >= 15 is 0 Å². The molecule has 6 nitrogen and oxygen atoms in total. The summed E-state index contributed by atoms with van der Waals surface area (Å²) < 4.78 is 38.9. The summed E-state index contributed by atoms with van der Waals surface area (Å²) in [5, 5.41) is 0. The van der Waals surface area contributed by atoms with E-state index in [0.717, 1.165) is 31.6 Å². The number of guanidine groups is 1. The number of hydrogen-bond donors (Lipinski definition) is 1. The molecule has 1 saturated heterocycles. The third-order valence-electron chi connectivity index (χ3n) is 4.19. The second kappa shape index (κ2) is 9.67. The standard InChI is InChI=1S/C16H25FN4O2S.HI/c1-13-4-3-10-21(12-13)16(18)19-9-11-20(2)24(22,23)15-7-5-14(17)6-8-15;/h5-8,13H,3-4,9-12H2,1-2H3,(H2,18,19);1H. The molecule has 1 aliphatic heterocycles. The number of likely N-dealkylation sites (N-methyl/N-ethyl adjacent to an activating group) is 1. The zero-order valence-corrected chi connectivity index (χ0v) is 17.7. The Morgan fingerprint density at radius 3 is 2.64 bits per heavy atom. The van der Waals surface area contributed by atoms with E-state index in [1.807, 2.05) is 4.90 Å². The summed E-state index contributed by atoms with van der Waals surface area (Å²) >= 11 is 0. The second-order valence-corrected chi connectivity index (χ2v) is 8.26. The van der Waals surface area contributed by atoms with Crippen LogP contribution in [0.3, 0.4) is 0 Å². The van der Waals surface area contributed by atoms with Crippen LogP contribution in [0.5, 0.6) is 0 Å². The third kappa shape index (κ3) is 6.07. The Morgan fingerprint density at radius 1 is 1.40 bits per heavy atom. The molecule has 25 heavy (non-hydrogen) atoms. The number of hydrogen-bond acceptors (Lipinski definition) is 3. The summed E-state index contributed by atoms with van der Waals surface area (Å²) in [5.41, 5.74) is 6.00. The normalized spacial score (nSPS) is 19.0. The van der Waals surface area contributed by atoms with Crippen molar-refractivity contribution in [2.45, 2.75) is 24.7 Å². The van der Waals surface area contributed by atoms with Gasteiger partial charge in [0.15, 0.2) is 5.96 Å². The molecule has 2 N–H and O–H groups in total. The maximum Gasteiger partial charge on any atom is 0.242 e. The Hall–Kier alpha value is -0.940.